The zero-order valence-corrected chi connectivity index (χ0v) is 18.6. The molecule has 5 rings (SSSR count). The molecule has 0 aliphatic carbocycles. The standard InChI is InChI=1S/C25H23N5O4/c1-33-21-10-7-20(8-11-21)28-12-14-29(15-13-28)24-23(30(31)32)25(27-17-26-24)34-22-9-6-18-4-2-3-5-19(18)16-22/h2-11,16-17H,12-15H2,1H3. The quantitative estimate of drug-likeness (QED) is 0.305. The third-order valence-corrected chi connectivity index (χ3v) is 5.90. The van der Waals surface area contributed by atoms with Gasteiger partial charge in [-0.3, -0.25) is 10.1 Å². The molecule has 0 saturated carbocycles. The van der Waals surface area contributed by atoms with Crippen molar-refractivity contribution in [2.45, 2.75) is 0 Å². The largest absolute Gasteiger partial charge is 0.497 e. The minimum Gasteiger partial charge on any atom is -0.497 e. The molecule has 1 aliphatic rings. The molecule has 0 unspecified atom stereocenters. The lowest BCUT2D eigenvalue weighted by Crippen LogP contribution is -2.47. The van der Waals surface area contributed by atoms with Crippen LogP contribution in [0.4, 0.5) is 17.2 Å². The molecular weight excluding hydrogens is 434 g/mol. The first-order chi connectivity index (χ1) is 16.6. The Labute approximate surface area is 196 Å². The lowest BCUT2D eigenvalue weighted by molar-refractivity contribution is -0.385. The number of anilines is 2. The highest BCUT2D eigenvalue weighted by Crippen LogP contribution is 2.37. The summed E-state index contributed by atoms with van der Waals surface area (Å²) in [5.41, 5.74) is 0.853. The summed E-state index contributed by atoms with van der Waals surface area (Å²) in [6, 6.07) is 21.3. The van der Waals surface area contributed by atoms with Crippen LogP contribution in [0.3, 0.4) is 0 Å². The van der Waals surface area contributed by atoms with Crippen LogP contribution < -0.4 is 19.3 Å². The molecule has 9 heteroatoms. The van der Waals surface area contributed by atoms with Crippen molar-refractivity contribution in [2.75, 3.05) is 43.1 Å². The topological polar surface area (TPSA) is 93.9 Å². The second-order valence-corrected chi connectivity index (χ2v) is 7.89. The van der Waals surface area contributed by atoms with Crippen molar-refractivity contribution in [3.05, 3.63) is 83.2 Å². The second-order valence-electron chi connectivity index (χ2n) is 7.89. The molecule has 4 aromatic rings. The van der Waals surface area contributed by atoms with E-state index in [1.165, 1.54) is 6.33 Å². The Morgan fingerprint density at radius 1 is 0.853 bits per heavy atom. The van der Waals surface area contributed by atoms with Gasteiger partial charge in [-0.2, -0.15) is 4.98 Å². The van der Waals surface area contributed by atoms with Crippen LogP contribution in [0, 0.1) is 10.1 Å². The molecule has 9 nitrogen and oxygen atoms in total. The van der Waals surface area contributed by atoms with Gasteiger partial charge in [0, 0.05) is 31.9 Å². The number of hydrogen-bond donors (Lipinski definition) is 0. The molecule has 34 heavy (non-hydrogen) atoms. The lowest BCUT2D eigenvalue weighted by atomic mass is 10.1. The molecule has 1 aliphatic heterocycles. The number of hydrogen-bond acceptors (Lipinski definition) is 8. The fourth-order valence-corrected chi connectivity index (χ4v) is 4.13. The van der Waals surface area contributed by atoms with E-state index in [1.54, 1.807) is 13.2 Å². The van der Waals surface area contributed by atoms with Crippen LogP contribution in [0.1, 0.15) is 0 Å². The zero-order chi connectivity index (χ0) is 23.5. The predicted molar refractivity (Wildman–Crippen MR) is 130 cm³/mol. The van der Waals surface area contributed by atoms with E-state index in [2.05, 4.69) is 14.9 Å². The molecule has 1 aromatic heterocycles. The van der Waals surface area contributed by atoms with Crippen LogP contribution in [0.2, 0.25) is 0 Å². The van der Waals surface area contributed by atoms with Gasteiger partial charge in [0.15, 0.2) is 0 Å². The predicted octanol–water partition coefficient (Wildman–Crippen LogP) is 4.67. The van der Waals surface area contributed by atoms with E-state index in [1.807, 2.05) is 65.6 Å². The first kappa shape index (κ1) is 21.4. The number of benzene rings is 3. The van der Waals surface area contributed by atoms with Crippen molar-refractivity contribution in [1.82, 2.24) is 9.97 Å². The summed E-state index contributed by atoms with van der Waals surface area (Å²) >= 11 is 0. The molecule has 0 radical (unpaired) electrons. The van der Waals surface area contributed by atoms with Crippen molar-refractivity contribution in [2.24, 2.45) is 0 Å². The average molecular weight is 457 g/mol. The number of rotatable bonds is 6. The Hall–Kier alpha value is -4.40. The first-order valence-electron chi connectivity index (χ1n) is 10.9. The summed E-state index contributed by atoms with van der Waals surface area (Å²) < 4.78 is 11.1. The molecule has 0 spiro atoms. The van der Waals surface area contributed by atoms with E-state index in [9.17, 15) is 10.1 Å². The maximum atomic E-state index is 12.0. The van der Waals surface area contributed by atoms with Crippen molar-refractivity contribution in [1.29, 1.82) is 0 Å². The monoisotopic (exact) mass is 457 g/mol. The van der Waals surface area contributed by atoms with Gasteiger partial charge in [0.1, 0.15) is 17.8 Å². The van der Waals surface area contributed by atoms with Crippen molar-refractivity contribution in [3.8, 4) is 17.4 Å². The van der Waals surface area contributed by atoms with Gasteiger partial charge in [0.2, 0.25) is 5.82 Å². The number of piperazine rings is 1. The molecule has 3 aromatic carbocycles. The van der Waals surface area contributed by atoms with E-state index in [0.29, 0.717) is 31.9 Å². The number of nitro groups is 1. The van der Waals surface area contributed by atoms with Gasteiger partial charge < -0.3 is 19.3 Å². The van der Waals surface area contributed by atoms with E-state index in [4.69, 9.17) is 9.47 Å². The maximum Gasteiger partial charge on any atom is 0.373 e. The highest BCUT2D eigenvalue weighted by atomic mass is 16.6. The Morgan fingerprint density at radius 3 is 2.24 bits per heavy atom. The normalized spacial score (nSPS) is 13.7. The number of nitrogens with zero attached hydrogens (tertiary/aromatic N) is 5. The molecule has 1 saturated heterocycles. The van der Waals surface area contributed by atoms with Crippen LogP contribution >= 0.6 is 0 Å². The minimum absolute atomic E-state index is 0.0668. The van der Waals surface area contributed by atoms with Crippen LogP contribution in [0.25, 0.3) is 10.8 Å². The Kier molecular flexibility index (Phi) is 5.82. The zero-order valence-electron chi connectivity index (χ0n) is 18.6. The minimum atomic E-state index is -0.471. The van der Waals surface area contributed by atoms with Crippen molar-refractivity contribution in [3.63, 3.8) is 0 Å². The third kappa shape index (κ3) is 4.27. The van der Waals surface area contributed by atoms with Gasteiger partial charge in [-0.05, 0) is 47.2 Å². The average Bonchev–Trinajstić information content (AvgIpc) is 2.88. The highest BCUT2D eigenvalue weighted by Gasteiger charge is 2.30. The number of aromatic nitrogens is 2. The Balaban J connectivity index is 1.37. The molecule has 0 bridgehead atoms. The van der Waals surface area contributed by atoms with E-state index in [-0.39, 0.29) is 17.4 Å². The molecule has 1 fully saturated rings. The van der Waals surface area contributed by atoms with E-state index in [0.717, 1.165) is 22.2 Å². The van der Waals surface area contributed by atoms with E-state index < -0.39 is 4.92 Å². The van der Waals surface area contributed by atoms with Crippen LogP contribution in [-0.2, 0) is 0 Å². The van der Waals surface area contributed by atoms with Gasteiger partial charge in [-0.25, -0.2) is 4.98 Å². The van der Waals surface area contributed by atoms with Crippen LogP contribution in [0.15, 0.2) is 73.1 Å². The second kappa shape index (κ2) is 9.22. The number of ether oxygens (including phenoxy) is 2. The molecular formula is C25H23N5O4. The van der Waals surface area contributed by atoms with Crippen LogP contribution in [-0.4, -0.2) is 48.2 Å². The molecule has 0 amide bonds. The van der Waals surface area contributed by atoms with Gasteiger partial charge >= 0.3 is 11.6 Å². The van der Waals surface area contributed by atoms with Crippen LogP contribution in [0.5, 0.6) is 17.4 Å². The fourth-order valence-electron chi connectivity index (χ4n) is 4.13. The summed E-state index contributed by atoms with van der Waals surface area (Å²) in [4.78, 5) is 24.0. The van der Waals surface area contributed by atoms with E-state index >= 15 is 0 Å². The van der Waals surface area contributed by atoms with Gasteiger partial charge in [-0.1, -0.05) is 30.3 Å². The molecule has 0 atom stereocenters. The smallest absolute Gasteiger partial charge is 0.373 e. The summed E-state index contributed by atoms with van der Waals surface area (Å²) in [6.07, 6.45) is 1.31. The molecule has 2 heterocycles. The maximum absolute atomic E-state index is 12.0. The van der Waals surface area contributed by atoms with Gasteiger partial charge in [0.25, 0.3) is 0 Å². The lowest BCUT2D eigenvalue weighted by Gasteiger charge is -2.36. The Bertz CT molecular complexity index is 1320. The summed E-state index contributed by atoms with van der Waals surface area (Å²) in [5.74, 6) is 1.49. The fraction of sp³-hybridized carbons (Fsp3) is 0.200. The van der Waals surface area contributed by atoms with Gasteiger partial charge in [-0.15, -0.1) is 0 Å². The SMILES string of the molecule is COc1ccc(N2CCN(c3ncnc(Oc4ccc5ccccc5c4)c3[N+](=O)[O-])CC2)cc1. The Morgan fingerprint density at radius 2 is 1.53 bits per heavy atom. The third-order valence-electron chi connectivity index (χ3n) is 5.90. The van der Waals surface area contributed by atoms with Gasteiger partial charge in [0.05, 0.1) is 12.0 Å². The van der Waals surface area contributed by atoms with Crippen molar-refractivity contribution < 1.29 is 14.4 Å². The molecule has 172 valence electrons. The first-order valence-corrected chi connectivity index (χ1v) is 10.9. The molecule has 0 N–H and O–H groups in total. The number of methoxy groups -OCH3 is 1. The summed E-state index contributed by atoms with van der Waals surface area (Å²) in [6.45, 7) is 2.57. The highest BCUT2D eigenvalue weighted by molar-refractivity contribution is 5.83. The number of fused-ring (bicyclic) bond motifs is 1. The summed E-state index contributed by atoms with van der Waals surface area (Å²) in [5, 5.41) is 14.1. The van der Waals surface area contributed by atoms with Crippen molar-refractivity contribution >= 4 is 28.0 Å². The summed E-state index contributed by atoms with van der Waals surface area (Å²) in [7, 11) is 1.64.